The van der Waals surface area contributed by atoms with Gasteiger partial charge in [-0.05, 0) is 64.2 Å². The molecule has 0 aromatic rings. The van der Waals surface area contributed by atoms with E-state index in [-0.39, 0.29) is 31.1 Å². The van der Waals surface area contributed by atoms with Crippen LogP contribution in [-0.2, 0) is 28.6 Å². The van der Waals surface area contributed by atoms with E-state index in [2.05, 4.69) is 45.1 Å². The first-order chi connectivity index (χ1) is 32.0. The van der Waals surface area contributed by atoms with Crippen LogP contribution in [0, 0.1) is 0 Å². The van der Waals surface area contributed by atoms with Crippen molar-refractivity contribution in [2.75, 3.05) is 13.2 Å². The van der Waals surface area contributed by atoms with E-state index >= 15 is 0 Å². The Morgan fingerprint density at radius 1 is 0.292 bits per heavy atom. The highest BCUT2D eigenvalue weighted by Crippen LogP contribution is 2.17. The number of ether oxygens (including phenoxy) is 3. The lowest BCUT2D eigenvalue weighted by Crippen LogP contribution is -2.30. The fraction of sp³-hybridized carbons (Fsp3) is 0.881. The van der Waals surface area contributed by atoms with Crippen molar-refractivity contribution >= 4 is 17.9 Å². The summed E-state index contributed by atoms with van der Waals surface area (Å²) in [5.41, 5.74) is 0. The summed E-state index contributed by atoms with van der Waals surface area (Å²) in [4.78, 5) is 37.8. The van der Waals surface area contributed by atoms with Gasteiger partial charge in [0.1, 0.15) is 13.2 Å². The largest absolute Gasteiger partial charge is 0.462 e. The molecule has 382 valence electrons. The molecule has 0 heterocycles. The normalized spacial score (nSPS) is 12.1. The topological polar surface area (TPSA) is 78.9 Å². The van der Waals surface area contributed by atoms with Gasteiger partial charge in [-0.25, -0.2) is 0 Å². The molecule has 0 N–H and O–H groups in total. The van der Waals surface area contributed by atoms with E-state index < -0.39 is 6.10 Å². The van der Waals surface area contributed by atoms with E-state index in [0.717, 1.165) is 77.0 Å². The van der Waals surface area contributed by atoms with Crippen LogP contribution < -0.4 is 0 Å². The second kappa shape index (κ2) is 54.5. The lowest BCUT2D eigenvalue weighted by atomic mass is 10.0. The van der Waals surface area contributed by atoms with Gasteiger partial charge in [0.25, 0.3) is 0 Å². The third kappa shape index (κ3) is 52.7. The summed E-state index contributed by atoms with van der Waals surface area (Å²) in [6.45, 7) is 6.57. The zero-order valence-electron chi connectivity index (χ0n) is 43.8. The molecule has 0 radical (unpaired) electrons. The second-order valence-electron chi connectivity index (χ2n) is 19.6. The highest BCUT2D eigenvalue weighted by atomic mass is 16.6. The van der Waals surface area contributed by atoms with Crippen LogP contribution in [0.5, 0.6) is 0 Å². The quantitative estimate of drug-likeness (QED) is 0.0262. The fourth-order valence-electron chi connectivity index (χ4n) is 8.56. The summed E-state index contributed by atoms with van der Waals surface area (Å²) in [6.07, 6.45) is 63.6. The first kappa shape index (κ1) is 62.9. The monoisotopic (exact) mass is 915 g/mol. The Hall–Kier alpha value is -2.11. The molecule has 0 fully saturated rings. The van der Waals surface area contributed by atoms with Crippen molar-refractivity contribution in [1.29, 1.82) is 0 Å². The molecular formula is C59H110O6. The van der Waals surface area contributed by atoms with Crippen molar-refractivity contribution in [1.82, 2.24) is 0 Å². The highest BCUT2D eigenvalue weighted by molar-refractivity contribution is 5.71. The lowest BCUT2D eigenvalue weighted by molar-refractivity contribution is -0.167. The van der Waals surface area contributed by atoms with Crippen molar-refractivity contribution in [2.24, 2.45) is 0 Å². The van der Waals surface area contributed by atoms with E-state index in [1.54, 1.807) is 0 Å². The van der Waals surface area contributed by atoms with Crippen molar-refractivity contribution in [3.05, 3.63) is 24.3 Å². The zero-order valence-corrected chi connectivity index (χ0v) is 43.8. The Kier molecular flexibility index (Phi) is 52.7. The molecule has 0 bridgehead atoms. The smallest absolute Gasteiger partial charge is 0.306 e. The molecule has 0 aromatic heterocycles. The standard InChI is InChI=1S/C59H110O6/c1-4-7-10-13-16-19-21-22-23-24-25-26-27-28-29-30-31-32-33-34-35-36-37-38-39-41-43-46-49-52-58(61)64-55-56(54-63-57(60)51-48-45-42-18-15-12-9-6-3)65-59(62)53-50-47-44-40-20-17-14-11-8-5-2/h11,14,24-25,56H,4-10,12-13,15-23,26-55H2,1-3H3/b14-11-,25-24-. The van der Waals surface area contributed by atoms with Crippen molar-refractivity contribution < 1.29 is 28.6 Å². The maximum Gasteiger partial charge on any atom is 0.306 e. The third-order valence-corrected chi connectivity index (χ3v) is 12.9. The molecule has 1 atom stereocenters. The second-order valence-corrected chi connectivity index (χ2v) is 19.6. The SMILES string of the molecule is CCC/C=C\CCCCCCCC(=O)OC(COC(=O)CCCCCCCCCC)COC(=O)CCCCCCCCCCCCCCCCCCC/C=C\CCCCCCCCCC. The Labute approximate surface area is 404 Å². The molecule has 0 aromatic carbocycles. The van der Waals surface area contributed by atoms with Gasteiger partial charge in [0, 0.05) is 19.3 Å². The van der Waals surface area contributed by atoms with Crippen molar-refractivity contribution in [3.63, 3.8) is 0 Å². The number of carbonyl (C=O) groups excluding carboxylic acids is 3. The van der Waals surface area contributed by atoms with E-state index in [1.165, 1.54) is 199 Å². The highest BCUT2D eigenvalue weighted by Gasteiger charge is 2.19. The van der Waals surface area contributed by atoms with E-state index in [9.17, 15) is 14.4 Å². The molecule has 0 spiro atoms. The fourth-order valence-corrected chi connectivity index (χ4v) is 8.56. The minimum Gasteiger partial charge on any atom is -0.462 e. The number of allylic oxidation sites excluding steroid dienone is 4. The molecule has 0 saturated carbocycles. The van der Waals surface area contributed by atoms with Crippen LogP contribution in [0.4, 0.5) is 0 Å². The minimum atomic E-state index is -0.768. The summed E-state index contributed by atoms with van der Waals surface area (Å²) in [5.74, 6) is -0.872. The van der Waals surface area contributed by atoms with E-state index in [1.807, 2.05) is 0 Å². The molecule has 0 aliphatic carbocycles. The summed E-state index contributed by atoms with van der Waals surface area (Å²) >= 11 is 0. The summed E-state index contributed by atoms with van der Waals surface area (Å²) in [7, 11) is 0. The first-order valence-electron chi connectivity index (χ1n) is 28.8. The third-order valence-electron chi connectivity index (χ3n) is 12.9. The van der Waals surface area contributed by atoms with Crippen LogP contribution in [0.1, 0.15) is 316 Å². The summed E-state index contributed by atoms with van der Waals surface area (Å²) in [6, 6.07) is 0. The van der Waals surface area contributed by atoms with Gasteiger partial charge in [-0.3, -0.25) is 14.4 Å². The van der Waals surface area contributed by atoms with Crippen LogP contribution in [0.15, 0.2) is 24.3 Å². The number of hydrogen-bond donors (Lipinski definition) is 0. The molecule has 0 aliphatic rings. The van der Waals surface area contributed by atoms with Crippen molar-refractivity contribution in [2.45, 2.75) is 322 Å². The predicted octanol–water partition coefficient (Wildman–Crippen LogP) is 19.1. The molecule has 0 saturated heterocycles. The van der Waals surface area contributed by atoms with Gasteiger partial charge in [-0.2, -0.15) is 0 Å². The Morgan fingerprint density at radius 3 is 0.831 bits per heavy atom. The summed E-state index contributed by atoms with van der Waals surface area (Å²) < 4.78 is 16.7. The number of rotatable bonds is 53. The molecule has 6 nitrogen and oxygen atoms in total. The van der Waals surface area contributed by atoms with Crippen molar-refractivity contribution in [3.8, 4) is 0 Å². The average molecular weight is 916 g/mol. The molecule has 0 rings (SSSR count). The lowest BCUT2D eigenvalue weighted by Gasteiger charge is -2.18. The van der Waals surface area contributed by atoms with Gasteiger partial charge in [-0.1, -0.05) is 257 Å². The number of esters is 3. The van der Waals surface area contributed by atoms with Gasteiger partial charge >= 0.3 is 17.9 Å². The van der Waals surface area contributed by atoms with Crippen LogP contribution >= 0.6 is 0 Å². The molecule has 0 amide bonds. The Bertz CT molecular complexity index is 1050. The van der Waals surface area contributed by atoms with Crippen LogP contribution in [-0.4, -0.2) is 37.2 Å². The zero-order chi connectivity index (χ0) is 47.2. The van der Waals surface area contributed by atoms with Gasteiger partial charge in [0.05, 0.1) is 0 Å². The maximum atomic E-state index is 12.7. The first-order valence-corrected chi connectivity index (χ1v) is 28.8. The van der Waals surface area contributed by atoms with Gasteiger partial charge < -0.3 is 14.2 Å². The van der Waals surface area contributed by atoms with Crippen LogP contribution in [0.25, 0.3) is 0 Å². The average Bonchev–Trinajstić information content (AvgIpc) is 3.30. The molecule has 0 aliphatic heterocycles. The molecular weight excluding hydrogens is 805 g/mol. The molecule has 65 heavy (non-hydrogen) atoms. The van der Waals surface area contributed by atoms with Gasteiger partial charge in [0.2, 0.25) is 0 Å². The minimum absolute atomic E-state index is 0.0705. The Balaban J connectivity index is 3.97. The van der Waals surface area contributed by atoms with Crippen LogP contribution in [0.2, 0.25) is 0 Å². The van der Waals surface area contributed by atoms with Gasteiger partial charge in [0.15, 0.2) is 6.10 Å². The van der Waals surface area contributed by atoms with Gasteiger partial charge in [-0.15, -0.1) is 0 Å². The predicted molar refractivity (Wildman–Crippen MR) is 279 cm³/mol. The number of hydrogen-bond acceptors (Lipinski definition) is 6. The number of unbranched alkanes of at least 4 members (excludes halogenated alkanes) is 38. The van der Waals surface area contributed by atoms with E-state index in [0.29, 0.717) is 19.3 Å². The van der Waals surface area contributed by atoms with Crippen LogP contribution in [0.3, 0.4) is 0 Å². The number of carbonyl (C=O) groups is 3. The maximum absolute atomic E-state index is 12.7. The molecule has 6 heteroatoms. The summed E-state index contributed by atoms with van der Waals surface area (Å²) in [5, 5.41) is 0. The Morgan fingerprint density at radius 2 is 0.538 bits per heavy atom. The van der Waals surface area contributed by atoms with E-state index in [4.69, 9.17) is 14.2 Å². The molecule has 1 unspecified atom stereocenters.